The molecule has 0 saturated carbocycles. The average molecular weight is 312 g/mol. The Balaban J connectivity index is 1.91. The molecule has 0 unspecified atom stereocenters. The summed E-state index contributed by atoms with van der Waals surface area (Å²) in [6, 6.07) is 3.99. The number of aromatic amines is 1. The number of carbonyl (C=O) groups is 1. The van der Waals surface area contributed by atoms with Crippen molar-refractivity contribution in [3.63, 3.8) is 0 Å². The van der Waals surface area contributed by atoms with Gasteiger partial charge >= 0.3 is 6.18 Å². The minimum Gasteiger partial charge on any atom is -0.351 e. The van der Waals surface area contributed by atoms with Crippen LogP contribution in [0.4, 0.5) is 13.2 Å². The van der Waals surface area contributed by atoms with Crippen LogP contribution in [0.3, 0.4) is 0 Å². The Kier molecular flexibility index (Phi) is 4.81. The summed E-state index contributed by atoms with van der Waals surface area (Å²) >= 11 is 0. The van der Waals surface area contributed by atoms with Crippen LogP contribution in [0.5, 0.6) is 0 Å². The summed E-state index contributed by atoms with van der Waals surface area (Å²) in [5.74, 6) is -0.438. The summed E-state index contributed by atoms with van der Waals surface area (Å²) in [6.07, 6.45) is -1.10. The third-order valence-electron chi connectivity index (χ3n) is 3.05. The van der Waals surface area contributed by atoms with Gasteiger partial charge in [0, 0.05) is 24.9 Å². The van der Waals surface area contributed by atoms with Crippen molar-refractivity contribution in [3.8, 4) is 0 Å². The van der Waals surface area contributed by atoms with Crippen molar-refractivity contribution in [2.45, 2.75) is 25.2 Å². The molecule has 4 N–H and O–H groups in total. The maximum absolute atomic E-state index is 12.6. The molecule has 0 aliphatic carbocycles. The third-order valence-corrected chi connectivity index (χ3v) is 3.05. The van der Waals surface area contributed by atoms with Crippen molar-refractivity contribution in [3.05, 3.63) is 53.6 Å². The van der Waals surface area contributed by atoms with E-state index >= 15 is 0 Å². The first-order chi connectivity index (χ1) is 10.4. The van der Waals surface area contributed by atoms with Crippen LogP contribution in [0.25, 0.3) is 0 Å². The standard InChI is InChI=1S/C14H15F3N4O/c15-14(16,17)10-3-1-2-9(4-10)6-20-13(22)12(18)5-11-7-19-8-21-11/h1-4,7-8,12H,5-6,18H2,(H,19,21)(H,20,22)/t12-/m0/s1. The van der Waals surface area contributed by atoms with Crippen molar-refractivity contribution in [1.29, 1.82) is 0 Å². The summed E-state index contributed by atoms with van der Waals surface area (Å²) in [4.78, 5) is 18.5. The molecule has 1 atom stereocenters. The van der Waals surface area contributed by atoms with Crippen LogP contribution in [0.2, 0.25) is 0 Å². The summed E-state index contributed by atoms with van der Waals surface area (Å²) in [7, 11) is 0. The number of nitrogens with zero attached hydrogens (tertiary/aromatic N) is 1. The van der Waals surface area contributed by atoms with Crippen LogP contribution >= 0.6 is 0 Å². The van der Waals surface area contributed by atoms with Crippen molar-refractivity contribution in [2.24, 2.45) is 5.73 Å². The molecule has 8 heteroatoms. The van der Waals surface area contributed by atoms with E-state index in [2.05, 4.69) is 15.3 Å². The van der Waals surface area contributed by atoms with Crippen LogP contribution < -0.4 is 11.1 Å². The summed E-state index contributed by atoms with van der Waals surface area (Å²) in [6.45, 7) is -0.0145. The van der Waals surface area contributed by atoms with Gasteiger partial charge in [-0.15, -0.1) is 0 Å². The number of imidazole rings is 1. The number of halogens is 3. The first-order valence-corrected chi connectivity index (χ1v) is 6.53. The second-order valence-corrected chi connectivity index (χ2v) is 4.80. The number of alkyl halides is 3. The highest BCUT2D eigenvalue weighted by Crippen LogP contribution is 2.29. The number of H-pyrrole nitrogens is 1. The molecule has 2 rings (SSSR count). The molecule has 1 aromatic heterocycles. The number of carbonyl (C=O) groups excluding carboxylic acids is 1. The third kappa shape index (κ3) is 4.32. The van der Waals surface area contributed by atoms with Crippen molar-refractivity contribution >= 4 is 5.91 Å². The van der Waals surface area contributed by atoms with Crippen LogP contribution in [0, 0.1) is 0 Å². The molecule has 0 bridgehead atoms. The van der Waals surface area contributed by atoms with E-state index in [4.69, 9.17) is 5.73 Å². The Bertz CT molecular complexity index is 625. The highest BCUT2D eigenvalue weighted by Gasteiger charge is 2.30. The summed E-state index contributed by atoms with van der Waals surface area (Å²) in [5.41, 5.74) is 6.05. The van der Waals surface area contributed by atoms with Gasteiger partial charge in [-0.1, -0.05) is 12.1 Å². The normalized spacial score (nSPS) is 12.9. The quantitative estimate of drug-likeness (QED) is 0.784. The van der Waals surface area contributed by atoms with Gasteiger partial charge in [0.1, 0.15) is 0 Å². The molecule has 5 nitrogen and oxygen atoms in total. The second-order valence-electron chi connectivity index (χ2n) is 4.80. The summed E-state index contributed by atoms with van der Waals surface area (Å²) in [5, 5.41) is 2.52. The Labute approximate surface area is 124 Å². The second kappa shape index (κ2) is 6.61. The lowest BCUT2D eigenvalue weighted by Crippen LogP contribution is -2.41. The van der Waals surface area contributed by atoms with E-state index in [0.717, 1.165) is 12.1 Å². The van der Waals surface area contributed by atoms with Gasteiger partial charge in [-0.2, -0.15) is 13.2 Å². The van der Waals surface area contributed by atoms with E-state index in [9.17, 15) is 18.0 Å². The van der Waals surface area contributed by atoms with Gasteiger partial charge in [0.2, 0.25) is 5.91 Å². The highest BCUT2D eigenvalue weighted by molar-refractivity contribution is 5.81. The van der Waals surface area contributed by atoms with Gasteiger partial charge in [0.15, 0.2) is 0 Å². The molecule has 1 aromatic carbocycles. The van der Waals surface area contributed by atoms with E-state index in [1.807, 2.05) is 0 Å². The zero-order valence-electron chi connectivity index (χ0n) is 11.5. The molecule has 0 aliphatic rings. The van der Waals surface area contributed by atoms with Crippen molar-refractivity contribution in [2.75, 3.05) is 0 Å². The van der Waals surface area contributed by atoms with E-state index in [-0.39, 0.29) is 13.0 Å². The molecule has 2 aromatic rings. The van der Waals surface area contributed by atoms with Gasteiger partial charge in [-0.05, 0) is 17.7 Å². The number of hydrogen-bond donors (Lipinski definition) is 3. The smallest absolute Gasteiger partial charge is 0.351 e. The molecule has 118 valence electrons. The Morgan fingerprint density at radius 1 is 1.41 bits per heavy atom. The number of aromatic nitrogens is 2. The molecule has 0 saturated heterocycles. The predicted octanol–water partition coefficient (Wildman–Crippen LogP) is 1.61. The maximum atomic E-state index is 12.6. The van der Waals surface area contributed by atoms with Gasteiger partial charge in [0.25, 0.3) is 0 Å². The molecule has 0 aliphatic heterocycles. The lowest BCUT2D eigenvalue weighted by Gasteiger charge is -2.12. The topological polar surface area (TPSA) is 83.8 Å². The molecule has 0 spiro atoms. The molecule has 0 fully saturated rings. The number of benzene rings is 1. The number of rotatable bonds is 5. The molecule has 22 heavy (non-hydrogen) atoms. The number of amides is 1. The minimum absolute atomic E-state index is 0.0145. The lowest BCUT2D eigenvalue weighted by atomic mass is 10.1. The van der Waals surface area contributed by atoms with Gasteiger partial charge < -0.3 is 16.0 Å². The van der Waals surface area contributed by atoms with Crippen molar-refractivity contribution < 1.29 is 18.0 Å². The highest BCUT2D eigenvalue weighted by atomic mass is 19.4. The zero-order valence-corrected chi connectivity index (χ0v) is 11.5. The van der Waals surface area contributed by atoms with Gasteiger partial charge in [-0.3, -0.25) is 4.79 Å². The summed E-state index contributed by atoms with van der Waals surface area (Å²) < 4.78 is 37.8. The molecular weight excluding hydrogens is 297 g/mol. The van der Waals surface area contributed by atoms with E-state index < -0.39 is 23.7 Å². The van der Waals surface area contributed by atoms with Crippen LogP contribution in [0.1, 0.15) is 16.8 Å². The van der Waals surface area contributed by atoms with Crippen LogP contribution in [0.15, 0.2) is 36.8 Å². The molecule has 0 radical (unpaired) electrons. The SMILES string of the molecule is N[C@@H](Cc1cnc[nH]1)C(=O)NCc1cccc(C(F)(F)F)c1. The molecular formula is C14H15F3N4O. The maximum Gasteiger partial charge on any atom is 0.416 e. The van der Waals surface area contributed by atoms with E-state index in [0.29, 0.717) is 11.3 Å². The number of nitrogens with one attached hydrogen (secondary N) is 2. The first kappa shape index (κ1) is 16.0. The Hall–Kier alpha value is -2.35. The number of hydrogen-bond acceptors (Lipinski definition) is 3. The van der Waals surface area contributed by atoms with E-state index in [1.54, 1.807) is 6.20 Å². The Morgan fingerprint density at radius 3 is 2.82 bits per heavy atom. The van der Waals surface area contributed by atoms with Crippen molar-refractivity contribution in [1.82, 2.24) is 15.3 Å². The molecule has 1 heterocycles. The van der Waals surface area contributed by atoms with Gasteiger partial charge in [0.05, 0.1) is 17.9 Å². The lowest BCUT2D eigenvalue weighted by molar-refractivity contribution is -0.137. The minimum atomic E-state index is -4.41. The fraction of sp³-hybridized carbons (Fsp3) is 0.286. The van der Waals surface area contributed by atoms with Crippen LogP contribution in [-0.4, -0.2) is 21.9 Å². The fourth-order valence-electron chi connectivity index (χ4n) is 1.90. The van der Waals surface area contributed by atoms with E-state index in [1.165, 1.54) is 18.5 Å². The predicted molar refractivity (Wildman–Crippen MR) is 73.6 cm³/mol. The molecule has 1 amide bonds. The fourth-order valence-corrected chi connectivity index (χ4v) is 1.90. The first-order valence-electron chi connectivity index (χ1n) is 6.53. The average Bonchev–Trinajstić information content (AvgIpc) is 2.97. The number of nitrogens with two attached hydrogens (primary N) is 1. The van der Waals surface area contributed by atoms with Crippen LogP contribution in [-0.2, 0) is 23.9 Å². The zero-order chi connectivity index (χ0) is 16.2. The largest absolute Gasteiger partial charge is 0.416 e. The Morgan fingerprint density at radius 2 is 2.18 bits per heavy atom. The van der Waals surface area contributed by atoms with Gasteiger partial charge in [-0.25, -0.2) is 4.98 Å². The monoisotopic (exact) mass is 312 g/mol.